The van der Waals surface area contributed by atoms with Gasteiger partial charge in [0.15, 0.2) is 0 Å². The molecule has 116 valence electrons. The zero-order chi connectivity index (χ0) is 16.2. The van der Waals surface area contributed by atoms with Gasteiger partial charge >= 0.3 is 0 Å². The van der Waals surface area contributed by atoms with E-state index in [0.717, 1.165) is 11.4 Å². The quantitative estimate of drug-likeness (QED) is 0.794. The molecule has 0 aliphatic carbocycles. The number of rotatable bonds is 4. The van der Waals surface area contributed by atoms with E-state index in [4.69, 9.17) is 11.6 Å². The van der Waals surface area contributed by atoms with Crippen LogP contribution in [0.3, 0.4) is 0 Å². The van der Waals surface area contributed by atoms with Gasteiger partial charge < -0.3 is 5.32 Å². The molecule has 0 fully saturated rings. The van der Waals surface area contributed by atoms with Crippen LogP contribution in [-0.4, -0.2) is 20.7 Å². The van der Waals surface area contributed by atoms with Crippen LogP contribution in [0.5, 0.6) is 0 Å². The summed E-state index contributed by atoms with van der Waals surface area (Å²) in [5, 5.41) is 7.82. The van der Waals surface area contributed by atoms with Crippen molar-refractivity contribution in [2.75, 3.05) is 5.32 Å². The third-order valence-corrected chi connectivity index (χ3v) is 3.67. The first kappa shape index (κ1) is 15.2. The molecule has 1 amide bonds. The Labute approximate surface area is 138 Å². The van der Waals surface area contributed by atoms with E-state index >= 15 is 0 Å². The third kappa shape index (κ3) is 3.24. The highest BCUT2D eigenvalue weighted by molar-refractivity contribution is 6.30. The second-order valence-electron chi connectivity index (χ2n) is 4.94. The topological polar surface area (TPSA) is 59.8 Å². The molecule has 3 rings (SSSR count). The zero-order valence-corrected chi connectivity index (χ0v) is 13.3. The van der Waals surface area contributed by atoms with Crippen molar-refractivity contribution in [3.8, 4) is 5.69 Å². The highest BCUT2D eigenvalue weighted by atomic mass is 35.5. The maximum atomic E-state index is 12.5. The van der Waals surface area contributed by atoms with E-state index < -0.39 is 0 Å². The van der Waals surface area contributed by atoms with Crippen molar-refractivity contribution >= 4 is 23.2 Å². The molecule has 2 heterocycles. The molecule has 0 saturated carbocycles. The van der Waals surface area contributed by atoms with Crippen molar-refractivity contribution in [2.45, 2.75) is 13.3 Å². The largest absolute Gasteiger partial charge is 0.322 e. The van der Waals surface area contributed by atoms with Crippen LogP contribution >= 0.6 is 11.6 Å². The fourth-order valence-corrected chi connectivity index (χ4v) is 2.55. The number of aromatic nitrogens is 3. The molecule has 23 heavy (non-hydrogen) atoms. The van der Waals surface area contributed by atoms with Crippen molar-refractivity contribution in [2.24, 2.45) is 0 Å². The second-order valence-corrected chi connectivity index (χ2v) is 5.38. The van der Waals surface area contributed by atoms with Gasteiger partial charge in [0.2, 0.25) is 0 Å². The van der Waals surface area contributed by atoms with Gasteiger partial charge in [0, 0.05) is 23.1 Å². The van der Waals surface area contributed by atoms with E-state index in [1.54, 1.807) is 41.5 Å². The van der Waals surface area contributed by atoms with E-state index in [-0.39, 0.29) is 5.91 Å². The van der Waals surface area contributed by atoms with Gasteiger partial charge in [-0.25, -0.2) is 4.68 Å². The predicted octanol–water partition coefficient (Wildman–Crippen LogP) is 3.74. The Bertz CT molecular complexity index is 830. The minimum Gasteiger partial charge on any atom is -0.322 e. The lowest BCUT2D eigenvalue weighted by Crippen LogP contribution is -2.14. The van der Waals surface area contributed by atoms with Gasteiger partial charge in [0.1, 0.15) is 0 Å². The van der Waals surface area contributed by atoms with Crippen LogP contribution in [0.4, 0.5) is 5.69 Å². The first-order valence-electron chi connectivity index (χ1n) is 7.23. The summed E-state index contributed by atoms with van der Waals surface area (Å²) in [6.07, 6.45) is 5.51. The molecule has 0 saturated heterocycles. The number of carbonyl (C=O) groups is 1. The van der Waals surface area contributed by atoms with E-state index in [1.807, 2.05) is 25.1 Å². The maximum absolute atomic E-state index is 12.5. The number of pyridine rings is 1. The zero-order valence-electron chi connectivity index (χ0n) is 12.5. The lowest BCUT2D eigenvalue weighted by Gasteiger charge is -2.09. The van der Waals surface area contributed by atoms with Gasteiger partial charge in [-0.2, -0.15) is 5.10 Å². The first-order chi connectivity index (χ1) is 11.2. The van der Waals surface area contributed by atoms with E-state index in [9.17, 15) is 4.79 Å². The Kier molecular flexibility index (Phi) is 4.39. The van der Waals surface area contributed by atoms with E-state index in [1.165, 1.54) is 0 Å². The Balaban J connectivity index is 1.93. The summed E-state index contributed by atoms with van der Waals surface area (Å²) in [6, 6.07) is 10.9. The molecule has 1 aromatic carbocycles. The first-order valence-corrected chi connectivity index (χ1v) is 7.61. The van der Waals surface area contributed by atoms with Crippen molar-refractivity contribution in [1.29, 1.82) is 0 Å². The fourth-order valence-electron chi connectivity index (χ4n) is 2.37. The average molecular weight is 327 g/mol. The van der Waals surface area contributed by atoms with Crippen LogP contribution in [0.2, 0.25) is 5.02 Å². The normalized spacial score (nSPS) is 10.5. The molecule has 5 nitrogen and oxygen atoms in total. The standard InChI is InChI=1S/C17H15ClN4O/c1-2-16-15(17(23)21-13-6-8-19-9-7-13)11-20-22(16)14-5-3-4-12(18)10-14/h3-11H,2H2,1H3,(H,19,21,23). The lowest BCUT2D eigenvalue weighted by molar-refractivity contribution is 0.102. The highest BCUT2D eigenvalue weighted by Crippen LogP contribution is 2.20. The Morgan fingerprint density at radius 3 is 2.74 bits per heavy atom. The molecule has 0 unspecified atom stereocenters. The van der Waals surface area contributed by atoms with Crippen LogP contribution < -0.4 is 5.32 Å². The van der Waals surface area contributed by atoms with Gasteiger partial charge in [0.25, 0.3) is 5.91 Å². The average Bonchev–Trinajstić information content (AvgIpc) is 3.00. The summed E-state index contributed by atoms with van der Waals surface area (Å²) in [5.74, 6) is -0.193. The van der Waals surface area contributed by atoms with Crippen LogP contribution in [0.1, 0.15) is 23.0 Å². The van der Waals surface area contributed by atoms with Crippen LogP contribution in [-0.2, 0) is 6.42 Å². The third-order valence-electron chi connectivity index (χ3n) is 3.44. The monoisotopic (exact) mass is 326 g/mol. The van der Waals surface area contributed by atoms with Crippen LogP contribution in [0.25, 0.3) is 5.69 Å². The molecule has 0 aliphatic heterocycles. The SMILES string of the molecule is CCc1c(C(=O)Nc2ccncc2)cnn1-c1cccc(Cl)c1. The number of hydrogen-bond acceptors (Lipinski definition) is 3. The van der Waals surface area contributed by atoms with Crippen LogP contribution in [0.15, 0.2) is 55.0 Å². The highest BCUT2D eigenvalue weighted by Gasteiger charge is 2.17. The number of carbonyl (C=O) groups excluding carboxylic acids is 1. The molecular weight excluding hydrogens is 312 g/mol. The minimum atomic E-state index is -0.193. The Hall–Kier alpha value is -2.66. The minimum absolute atomic E-state index is 0.193. The molecular formula is C17H15ClN4O. The number of amides is 1. The smallest absolute Gasteiger partial charge is 0.259 e. The van der Waals surface area contributed by atoms with E-state index in [2.05, 4.69) is 15.4 Å². The fraction of sp³-hybridized carbons (Fsp3) is 0.118. The summed E-state index contributed by atoms with van der Waals surface area (Å²) in [7, 11) is 0. The lowest BCUT2D eigenvalue weighted by atomic mass is 10.2. The summed E-state index contributed by atoms with van der Waals surface area (Å²) in [6.45, 7) is 1.99. The summed E-state index contributed by atoms with van der Waals surface area (Å²) in [4.78, 5) is 16.4. The molecule has 0 spiro atoms. The number of anilines is 1. The summed E-state index contributed by atoms with van der Waals surface area (Å²) < 4.78 is 1.74. The van der Waals surface area contributed by atoms with Gasteiger partial charge in [-0.15, -0.1) is 0 Å². The van der Waals surface area contributed by atoms with Gasteiger partial charge in [-0.3, -0.25) is 9.78 Å². The summed E-state index contributed by atoms with van der Waals surface area (Å²) >= 11 is 6.04. The maximum Gasteiger partial charge on any atom is 0.259 e. The second kappa shape index (κ2) is 6.62. The summed E-state index contributed by atoms with van der Waals surface area (Å²) in [5.41, 5.74) is 2.91. The van der Waals surface area contributed by atoms with Crippen molar-refractivity contribution in [1.82, 2.24) is 14.8 Å². The van der Waals surface area contributed by atoms with Crippen molar-refractivity contribution in [3.63, 3.8) is 0 Å². The molecule has 0 radical (unpaired) electrons. The number of hydrogen-bond donors (Lipinski definition) is 1. The molecule has 0 bridgehead atoms. The Morgan fingerprint density at radius 1 is 1.26 bits per heavy atom. The molecule has 1 N–H and O–H groups in total. The van der Waals surface area contributed by atoms with Crippen LogP contribution in [0, 0.1) is 0 Å². The van der Waals surface area contributed by atoms with Crippen molar-refractivity contribution < 1.29 is 4.79 Å². The van der Waals surface area contributed by atoms with Crippen molar-refractivity contribution in [3.05, 3.63) is 71.3 Å². The van der Waals surface area contributed by atoms with E-state index in [0.29, 0.717) is 22.7 Å². The predicted molar refractivity (Wildman–Crippen MR) is 90.1 cm³/mol. The van der Waals surface area contributed by atoms with Gasteiger partial charge in [-0.1, -0.05) is 24.6 Å². The number of halogens is 1. The molecule has 2 aromatic heterocycles. The molecule has 3 aromatic rings. The molecule has 6 heteroatoms. The Morgan fingerprint density at radius 2 is 2.04 bits per heavy atom. The number of nitrogens with zero attached hydrogens (tertiary/aromatic N) is 3. The number of nitrogens with one attached hydrogen (secondary N) is 1. The number of benzene rings is 1. The van der Waals surface area contributed by atoms with Gasteiger partial charge in [0.05, 0.1) is 23.1 Å². The molecule has 0 atom stereocenters. The van der Waals surface area contributed by atoms with Gasteiger partial charge in [-0.05, 0) is 36.8 Å². The molecule has 0 aliphatic rings.